The van der Waals surface area contributed by atoms with Crippen molar-refractivity contribution in [3.8, 4) is 0 Å². The second-order valence-corrected chi connectivity index (χ2v) is 3.84. The molecule has 0 bridgehead atoms. The van der Waals surface area contributed by atoms with E-state index in [1.54, 1.807) is 7.11 Å². The summed E-state index contributed by atoms with van der Waals surface area (Å²) in [6, 6.07) is 0. The second-order valence-electron chi connectivity index (χ2n) is 3.84. The molecule has 0 saturated heterocycles. The highest BCUT2D eigenvalue weighted by atomic mass is 16.5. The predicted molar refractivity (Wildman–Crippen MR) is 58.4 cm³/mol. The Balaban J connectivity index is 1.98. The van der Waals surface area contributed by atoms with Crippen molar-refractivity contribution >= 4 is 5.97 Å². The van der Waals surface area contributed by atoms with Crippen molar-refractivity contribution in [2.45, 2.75) is 44.9 Å². The van der Waals surface area contributed by atoms with Crippen LogP contribution < -0.4 is 0 Å². The van der Waals surface area contributed by atoms with Crippen molar-refractivity contribution in [3.63, 3.8) is 0 Å². The Bertz CT molecular complexity index is 221. The second kappa shape index (κ2) is 7.46. The number of ether oxygens (including phenoxy) is 2. The van der Waals surface area contributed by atoms with Crippen molar-refractivity contribution < 1.29 is 14.3 Å². The van der Waals surface area contributed by atoms with Gasteiger partial charge in [-0.3, -0.25) is 4.79 Å². The molecule has 15 heavy (non-hydrogen) atoms. The van der Waals surface area contributed by atoms with Gasteiger partial charge in [0.1, 0.15) is 5.76 Å². The van der Waals surface area contributed by atoms with E-state index < -0.39 is 0 Å². The molecule has 0 amide bonds. The summed E-state index contributed by atoms with van der Waals surface area (Å²) in [5.41, 5.74) is 0. The summed E-state index contributed by atoms with van der Waals surface area (Å²) in [6.45, 7) is 0.778. The molecule has 0 unspecified atom stereocenters. The van der Waals surface area contributed by atoms with E-state index in [9.17, 15) is 4.79 Å². The van der Waals surface area contributed by atoms with Crippen LogP contribution in [0.2, 0.25) is 0 Å². The first kappa shape index (κ1) is 12.2. The lowest BCUT2D eigenvalue weighted by Crippen LogP contribution is -2.03. The van der Waals surface area contributed by atoms with Crippen LogP contribution in [0.5, 0.6) is 0 Å². The molecule has 0 N–H and O–H groups in total. The lowest BCUT2D eigenvalue weighted by molar-refractivity contribution is -0.139. The molecule has 86 valence electrons. The van der Waals surface area contributed by atoms with Gasteiger partial charge in [0, 0.05) is 26.6 Å². The van der Waals surface area contributed by atoms with E-state index in [-0.39, 0.29) is 5.97 Å². The third-order valence-electron chi connectivity index (χ3n) is 2.47. The number of allylic oxidation sites excluding steroid dienone is 2. The molecule has 3 nitrogen and oxygen atoms in total. The van der Waals surface area contributed by atoms with Gasteiger partial charge in [-0.05, 0) is 31.8 Å². The van der Waals surface area contributed by atoms with E-state index in [0.29, 0.717) is 6.42 Å². The summed E-state index contributed by atoms with van der Waals surface area (Å²) >= 11 is 0. The Hall–Kier alpha value is -0.830. The molecule has 0 spiro atoms. The number of hydrogen-bond donors (Lipinski definition) is 0. The number of methoxy groups -OCH3 is 1. The molecule has 3 heteroatoms. The summed E-state index contributed by atoms with van der Waals surface area (Å²) in [7, 11) is 1.70. The quantitative estimate of drug-likeness (QED) is 0.481. The van der Waals surface area contributed by atoms with Gasteiger partial charge in [0.2, 0.25) is 0 Å². The number of hydrogen-bond acceptors (Lipinski definition) is 3. The molecule has 0 saturated carbocycles. The third-order valence-corrected chi connectivity index (χ3v) is 2.47. The van der Waals surface area contributed by atoms with E-state index in [0.717, 1.165) is 50.9 Å². The predicted octanol–water partition coefficient (Wildman–Crippen LogP) is 2.80. The first-order valence-corrected chi connectivity index (χ1v) is 5.71. The lowest BCUT2D eigenvalue weighted by atomic mass is 10.2. The molecular formula is C12H20O3. The molecule has 0 aromatic carbocycles. The normalized spacial score (nSPS) is 15.1. The number of esters is 1. The van der Waals surface area contributed by atoms with Crippen LogP contribution in [0.1, 0.15) is 44.9 Å². The fourth-order valence-electron chi connectivity index (χ4n) is 1.62. The molecular weight excluding hydrogens is 192 g/mol. The van der Waals surface area contributed by atoms with Crippen molar-refractivity contribution in [1.29, 1.82) is 0 Å². The van der Waals surface area contributed by atoms with Gasteiger partial charge in [0.15, 0.2) is 0 Å². The number of rotatable bonds is 7. The minimum atomic E-state index is -0.0828. The number of carbonyl (C=O) groups excluding carboxylic acids is 1. The highest BCUT2D eigenvalue weighted by Gasteiger charge is 2.10. The van der Waals surface area contributed by atoms with Crippen molar-refractivity contribution in [3.05, 3.63) is 11.8 Å². The minimum absolute atomic E-state index is 0.0828. The monoisotopic (exact) mass is 212 g/mol. The van der Waals surface area contributed by atoms with E-state index in [4.69, 9.17) is 9.47 Å². The molecule has 0 aliphatic heterocycles. The molecule has 1 rings (SSSR count). The summed E-state index contributed by atoms with van der Waals surface area (Å²) in [6.07, 6.45) is 8.59. The van der Waals surface area contributed by atoms with Gasteiger partial charge in [-0.15, -0.1) is 0 Å². The highest BCUT2D eigenvalue weighted by molar-refractivity contribution is 5.70. The van der Waals surface area contributed by atoms with Crippen LogP contribution in [-0.2, 0) is 14.3 Å². The average Bonchev–Trinajstić information content (AvgIpc) is 2.70. The van der Waals surface area contributed by atoms with Crippen LogP contribution in [0.4, 0.5) is 0 Å². The van der Waals surface area contributed by atoms with Crippen LogP contribution in [0.3, 0.4) is 0 Å². The largest absolute Gasteiger partial charge is 0.431 e. The van der Waals surface area contributed by atoms with Gasteiger partial charge in [0.25, 0.3) is 0 Å². The molecule has 0 heterocycles. The van der Waals surface area contributed by atoms with Gasteiger partial charge >= 0.3 is 5.97 Å². The van der Waals surface area contributed by atoms with Crippen molar-refractivity contribution in [2.75, 3.05) is 13.7 Å². The summed E-state index contributed by atoms with van der Waals surface area (Å²) in [5, 5.41) is 0. The van der Waals surface area contributed by atoms with Crippen LogP contribution in [-0.4, -0.2) is 19.7 Å². The molecule has 0 aromatic rings. The highest BCUT2D eigenvalue weighted by Crippen LogP contribution is 2.19. The Morgan fingerprint density at radius 2 is 2.27 bits per heavy atom. The molecule has 0 radical (unpaired) electrons. The Morgan fingerprint density at radius 1 is 1.40 bits per heavy atom. The maximum Gasteiger partial charge on any atom is 0.310 e. The molecule has 1 aliphatic rings. The Morgan fingerprint density at radius 3 is 2.93 bits per heavy atom. The van der Waals surface area contributed by atoms with E-state index >= 15 is 0 Å². The first-order valence-electron chi connectivity index (χ1n) is 5.71. The number of carbonyl (C=O) groups is 1. The van der Waals surface area contributed by atoms with Gasteiger partial charge in [-0.1, -0.05) is 6.42 Å². The van der Waals surface area contributed by atoms with E-state index in [2.05, 4.69) is 0 Å². The fraction of sp³-hybridized carbons (Fsp3) is 0.750. The fourth-order valence-corrected chi connectivity index (χ4v) is 1.62. The third kappa shape index (κ3) is 5.57. The van der Waals surface area contributed by atoms with Crippen molar-refractivity contribution in [1.82, 2.24) is 0 Å². The lowest BCUT2D eigenvalue weighted by Gasteiger charge is -2.04. The molecule has 0 aromatic heterocycles. The molecule has 0 fully saturated rings. The zero-order valence-corrected chi connectivity index (χ0v) is 9.46. The van der Waals surface area contributed by atoms with Crippen LogP contribution in [0.15, 0.2) is 11.8 Å². The first-order chi connectivity index (χ1) is 7.33. The smallest absolute Gasteiger partial charge is 0.310 e. The Kier molecular flexibility index (Phi) is 6.09. The number of unbranched alkanes of at least 4 members (excludes halogenated alkanes) is 2. The SMILES string of the molecule is COCCCCCC(=O)OC1=CCCC1. The van der Waals surface area contributed by atoms with Gasteiger partial charge in [-0.2, -0.15) is 0 Å². The molecule has 1 aliphatic carbocycles. The molecule has 0 atom stereocenters. The summed E-state index contributed by atoms with van der Waals surface area (Å²) in [5.74, 6) is 0.789. The minimum Gasteiger partial charge on any atom is -0.431 e. The van der Waals surface area contributed by atoms with Gasteiger partial charge in [0.05, 0.1) is 0 Å². The summed E-state index contributed by atoms with van der Waals surface area (Å²) in [4.78, 5) is 11.3. The average molecular weight is 212 g/mol. The zero-order chi connectivity index (χ0) is 10.9. The van der Waals surface area contributed by atoms with E-state index in [1.165, 1.54) is 0 Å². The van der Waals surface area contributed by atoms with Crippen LogP contribution in [0, 0.1) is 0 Å². The maximum absolute atomic E-state index is 11.3. The zero-order valence-electron chi connectivity index (χ0n) is 9.46. The van der Waals surface area contributed by atoms with Crippen LogP contribution in [0.25, 0.3) is 0 Å². The maximum atomic E-state index is 11.3. The van der Waals surface area contributed by atoms with Gasteiger partial charge < -0.3 is 9.47 Å². The van der Waals surface area contributed by atoms with Gasteiger partial charge in [-0.25, -0.2) is 0 Å². The topological polar surface area (TPSA) is 35.5 Å². The van der Waals surface area contributed by atoms with Crippen molar-refractivity contribution in [2.24, 2.45) is 0 Å². The standard InChI is InChI=1S/C12H20O3/c1-14-10-6-2-3-9-12(13)15-11-7-4-5-8-11/h7H,2-6,8-10H2,1H3. The summed E-state index contributed by atoms with van der Waals surface area (Å²) < 4.78 is 10.1. The Labute approximate surface area is 91.4 Å². The van der Waals surface area contributed by atoms with E-state index in [1.807, 2.05) is 6.08 Å². The van der Waals surface area contributed by atoms with Crippen LogP contribution >= 0.6 is 0 Å².